The van der Waals surface area contributed by atoms with Crippen molar-refractivity contribution >= 4 is 5.78 Å². The Kier molecular flexibility index (Phi) is 4.32. The Morgan fingerprint density at radius 3 is 2.07 bits per heavy atom. The molecule has 0 aliphatic heterocycles. The zero-order valence-corrected chi connectivity index (χ0v) is 10.7. The second kappa shape index (κ2) is 5.11. The summed E-state index contributed by atoms with van der Waals surface area (Å²) >= 11 is 0. The molecule has 0 N–H and O–H groups in total. The first-order valence-corrected chi connectivity index (χ1v) is 6.39. The first kappa shape index (κ1) is 12.7. The van der Waals surface area contributed by atoms with Crippen molar-refractivity contribution in [2.75, 3.05) is 13.1 Å². The largest absolute Gasteiger partial charge is 0.297 e. The van der Waals surface area contributed by atoms with Crippen molar-refractivity contribution in [2.45, 2.75) is 58.9 Å². The lowest BCUT2D eigenvalue weighted by Gasteiger charge is -2.42. The second-order valence-corrected chi connectivity index (χ2v) is 4.79. The minimum Gasteiger partial charge on any atom is -0.297 e. The predicted molar refractivity (Wildman–Crippen MR) is 64.0 cm³/mol. The summed E-state index contributed by atoms with van der Waals surface area (Å²) < 4.78 is 0. The van der Waals surface area contributed by atoms with E-state index < -0.39 is 0 Å². The number of hydrogen-bond donors (Lipinski definition) is 0. The van der Waals surface area contributed by atoms with Crippen LogP contribution in [0.4, 0.5) is 0 Å². The van der Waals surface area contributed by atoms with Crippen molar-refractivity contribution in [3.63, 3.8) is 0 Å². The van der Waals surface area contributed by atoms with Gasteiger partial charge in [-0.25, -0.2) is 0 Å². The molecule has 2 heteroatoms. The summed E-state index contributed by atoms with van der Waals surface area (Å²) in [6.45, 7) is 10.5. The molecule has 0 aromatic heterocycles. The molecule has 0 bridgehead atoms. The molecule has 1 atom stereocenters. The normalized spacial score (nSPS) is 21.1. The lowest BCUT2D eigenvalue weighted by Crippen LogP contribution is -2.54. The van der Waals surface area contributed by atoms with Crippen molar-refractivity contribution in [1.29, 1.82) is 0 Å². The molecule has 88 valence electrons. The maximum Gasteiger partial charge on any atom is 0.155 e. The maximum absolute atomic E-state index is 12.4. The third-order valence-corrected chi connectivity index (χ3v) is 4.16. The van der Waals surface area contributed by atoms with Crippen LogP contribution >= 0.6 is 0 Å². The fourth-order valence-electron chi connectivity index (χ4n) is 2.59. The van der Waals surface area contributed by atoms with Crippen LogP contribution in [0.25, 0.3) is 0 Å². The Balaban J connectivity index is 2.76. The molecule has 1 rings (SSSR count). The van der Waals surface area contributed by atoms with E-state index in [-0.39, 0.29) is 5.54 Å². The van der Waals surface area contributed by atoms with Gasteiger partial charge in [-0.2, -0.15) is 0 Å². The van der Waals surface area contributed by atoms with E-state index in [0.717, 1.165) is 32.4 Å². The predicted octanol–water partition coefficient (Wildman–Crippen LogP) is 2.87. The second-order valence-electron chi connectivity index (χ2n) is 4.79. The van der Waals surface area contributed by atoms with Gasteiger partial charge in [0.2, 0.25) is 0 Å². The van der Waals surface area contributed by atoms with Gasteiger partial charge >= 0.3 is 0 Å². The summed E-state index contributed by atoms with van der Waals surface area (Å²) in [7, 11) is 0. The molecule has 1 aliphatic rings. The van der Waals surface area contributed by atoms with Crippen LogP contribution in [0.15, 0.2) is 0 Å². The van der Waals surface area contributed by atoms with Crippen molar-refractivity contribution in [3.05, 3.63) is 0 Å². The number of ketones is 1. The van der Waals surface area contributed by atoms with Gasteiger partial charge in [0.1, 0.15) is 0 Å². The molecule has 0 radical (unpaired) electrons. The van der Waals surface area contributed by atoms with Gasteiger partial charge in [-0.3, -0.25) is 9.69 Å². The van der Waals surface area contributed by atoms with Crippen molar-refractivity contribution in [3.8, 4) is 0 Å². The van der Waals surface area contributed by atoms with Gasteiger partial charge in [0.25, 0.3) is 0 Å². The number of hydrogen-bond acceptors (Lipinski definition) is 2. The number of likely N-dealkylation sites (N-methyl/N-ethyl adjacent to an activating group) is 1. The van der Waals surface area contributed by atoms with Crippen LogP contribution in [0.3, 0.4) is 0 Å². The first-order valence-electron chi connectivity index (χ1n) is 6.39. The van der Waals surface area contributed by atoms with Gasteiger partial charge in [0.15, 0.2) is 5.78 Å². The summed E-state index contributed by atoms with van der Waals surface area (Å²) in [5.74, 6) is 0.843. The standard InChI is InChI=1S/C13H25NO/c1-5-13(4,14(6-2)7-3)12(15)11-9-8-10-11/h11H,5-10H2,1-4H3. The molecule has 0 amide bonds. The van der Waals surface area contributed by atoms with E-state index >= 15 is 0 Å². The lowest BCUT2D eigenvalue weighted by atomic mass is 9.73. The average molecular weight is 211 g/mol. The summed E-state index contributed by atoms with van der Waals surface area (Å²) in [5.41, 5.74) is -0.214. The monoisotopic (exact) mass is 211 g/mol. The quantitative estimate of drug-likeness (QED) is 0.673. The minimum atomic E-state index is -0.214. The van der Waals surface area contributed by atoms with Gasteiger partial charge in [0.05, 0.1) is 5.54 Å². The molecule has 0 aromatic carbocycles. The summed E-state index contributed by atoms with van der Waals surface area (Å²) in [4.78, 5) is 14.7. The summed E-state index contributed by atoms with van der Waals surface area (Å²) in [6, 6.07) is 0. The Hall–Kier alpha value is -0.370. The van der Waals surface area contributed by atoms with Crippen LogP contribution in [-0.2, 0) is 4.79 Å². The van der Waals surface area contributed by atoms with Crippen LogP contribution in [0.5, 0.6) is 0 Å². The van der Waals surface area contributed by atoms with Crippen LogP contribution in [0, 0.1) is 5.92 Å². The van der Waals surface area contributed by atoms with Crippen LogP contribution in [0.2, 0.25) is 0 Å². The zero-order valence-electron chi connectivity index (χ0n) is 10.7. The molecule has 1 unspecified atom stereocenters. The van der Waals surface area contributed by atoms with Gasteiger partial charge in [-0.15, -0.1) is 0 Å². The highest BCUT2D eigenvalue weighted by Gasteiger charge is 2.41. The maximum atomic E-state index is 12.4. The molecule has 1 saturated carbocycles. The lowest BCUT2D eigenvalue weighted by molar-refractivity contribution is -0.137. The van der Waals surface area contributed by atoms with Crippen molar-refractivity contribution < 1.29 is 4.79 Å². The number of nitrogens with zero attached hydrogens (tertiary/aromatic N) is 1. The zero-order chi connectivity index (χ0) is 11.5. The van der Waals surface area contributed by atoms with Gasteiger partial charge < -0.3 is 0 Å². The Morgan fingerprint density at radius 1 is 1.27 bits per heavy atom. The smallest absolute Gasteiger partial charge is 0.155 e. The van der Waals surface area contributed by atoms with Crippen LogP contribution in [0.1, 0.15) is 53.4 Å². The molecule has 15 heavy (non-hydrogen) atoms. The van der Waals surface area contributed by atoms with Crippen LogP contribution in [-0.4, -0.2) is 29.3 Å². The van der Waals surface area contributed by atoms with E-state index in [9.17, 15) is 4.79 Å². The third-order valence-electron chi connectivity index (χ3n) is 4.16. The topological polar surface area (TPSA) is 20.3 Å². The number of rotatable bonds is 6. The summed E-state index contributed by atoms with van der Waals surface area (Å²) in [6.07, 6.45) is 4.42. The molecule has 0 heterocycles. The minimum absolute atomic E-state index is 0.214. The Labute approximate surface area is 94.0 Å². The number of Topliss-reactive ketones (excluding diaryl/α,β-unsaturated/α-hetero) is 1. The van der Waals surface area contributed by atoms with E-state index in [1.54, 1.807) is 0 Å². The SMILES string of the molecule is CCN(CC)C(C)(CC)C(=O)C1CCC1. The van der Waals surface area contributed by atoms with Crippen molar-refractivity contribution in [2.24, 2.45) is 5.92 Å². The molecule has 2 nitrogen and oxygen atoms in total. The van der Waals surface area contributed by atoms with E-state index in [2.05, 4.69) is 32.6 Å². The van der Waals surface area contributed by atoms with Gasteiger partial charge in [-0.1, -0.05) is 27.2 Å². The third kappa shape index (κ3) is 2.25. The van der Waals surface area contributed by atoms with E-state index in [1.807, 2.05) is 0 Å². The molecule has 1 fully saturated rings. The molecule has 1 aliphatic carbocycles. The average Bonchev–Trinajstić information content (AvgIpc) is 2.16. The molecule has 0 aromatic rings. The molecular weight excluding hydrogens is 186 g/mol. The molecule has 0 saturated heterocycles. The number of carbonyl (C=O) groups excluding carboxylic acids is 1. The Morgan fingerprint density at radius 2 is 1.80 bits per heavy atom. The van der Waals surface area contributed by atoms with Crippen molar-refractivity contribution in [1.82, 2.24) is 4.90 Å². The van der Waals surface area contributed by atoms with Crippen LogP contribution < -0.4 is 0 Å². The van der Waals surface area contributed by atoms with Gasteiger partial charge in [-0.05, 0) is 39.3 Å². The van der Waals surface area contributed by atoms with E-state index in [4.69, 9.17) is 0 Å². The fourth-order valence-corrected chi connectivity index (χ4v) is 2.59. The first-order chi connectivity index (χ1) is 7.10. The Bertz CT molecular complexity index is 219. The van der Waals surface area contributed by atoms with Gasteiger partial charge in [0, 0.05) is 5.92 Å². The molecule has 0 spiro atoms. The van der Waals surface area contributed by atoms with E-state index in [1.165, 1.54) is 6.42 Å². The van der Waals surface area contributed by atoms with E-state index in [0.29, 0.717) is 11.7 Å². The highest BCUT2D eigenvalue weighted by molar-refractivity contribution is 5.90. The highest BCUT2D eigenvalue weighted by Crippen LogP contribution is 2.34. The molecular formula is C13H25NO. The fraction of sp³-hybridized carbons (Fsp3) is 0.923. The summed E-state index contributed by atoms with van der Waals surface area (Å²) in [5, 5.41) is 0. The highest BCUT2D eigenvalue weighted by atomic mass is 16.1. The number of carbonyl (C=O) groups is 1.